The zero-order valence-corrected chi connectivity index (χ0v) is 19.5. The number of allylic oxidation sites excluding steroid dienone is 2. The van der Waals surface area contributed by atoms with Gasteiger partial charge < -0.3 is 14.8 Å². The molecule has 178 valence electrons. The smallest absolute Gasteiger partial charge is 0.330 e. The van der Waals surface area contributed by atoms with Crippen LogP contribution in [0.3, 0.4) is 0 Å². The molecule has 0 unspecified atom stereocenters. The fourth-order valence-electron chi connectivity index (χ4n) is 5.40. The van der Waals surface area contributed by atoms with E-state index in [9.17, 15) is 14.4 Å². The number of H-pyrrole nitrogens is 1. The van der Waals surface area contributed by atoms with Crippen molar-refractivity contribution in [2.75, 3.05) is 12.1 Å². The van der Waals surface area contributed by atoms with Crippen LogP contribution in [-0.4, -0.2) is 22.1 Å². The van der Waals surface area contributed by atoms with Gasteiger partial charge in [-0.05, 0) is 35.1 Å². The third-order valence-electron chi connectivity index (χ3n) is 6.92. The Labute approximate surface area is 201 Å². The molecule has 2 aromatic carbocycles. The van der Waals surface area contributed by atoms with Crippen LogP contribution in [0.5, 0.6) is 11.5 Å². The topological polar surface area (TPSA) is 102 Å². The van der Waals surface area contributed by atoms with Crippen molar-refractivity contribution in [3.05, 3.63) is 97.3 Å². The Morgan fingerprint density at radius 3 is 2.57 bits per heavy atom. The Kier molecular flexibility index (Phi) is 4.74. The molecule has 2 N–H and O–H groups in total. The van der Waals surface area contributed by atoms with Crippen molar-refractivity contribution in [1.29, 1.82) is 0 Å². The summed E-state index contributed by atoms with van der Waals surface area (Å²) < 4.78 is 12.6. The van der Waals surface area contributed by atoms with Crippen molar-refractivity contribution < 1.29 is 14.3 Å². The first kappa shape index (κ1) is 21.5. The minimum atomic E-state index is -0.634. The van der Waals surface area contributed by atoms with E-state index in [1.807, 2.05) is 42.5 Å². The fourth-order valence-corrected chi connectivity index (χ4v) is 5.40. The molecule has 1 aliphatic carbocycles. The quantitative estimate of drug-likeness (QED) is 0.606. The highest BCUT2D eigenvalue weighted by Crippen LogP contribution is 2.49. The van der Waals surface area contributed by atoms with Crippen LogP contribution < -0.4 is 26.0 Å². The molecule has 0 saturated heterocycles. The predicted octanol–water partition coefficient (Wildman–Crippen LogP) is 3.51. The van der Waals surface area contributed by atoms with Crippen LogP contribution in [-0.2, 0) is 11.3 Å². The molecule has 2 aliphatic heterocycles. The molecule has 0 spiro atoms. The monoisotopic (exact) mass is 471 g/mol. The molecular formula is C27H25N3O5. The van der Waals surface area contributed by atoms with E-state index in [-0.39, 0.29) is 24.5 Å². The van der Waals surface area contributed by atoms with E-state index in [4.69, 9.17) is 9.47 Å². The number of aromatic amines is 1. The number of carbonyl (C=O) groups excluding carboxylic acids is 1. The third kappa shape index (κ3) is 3.56. The fraction of sp³-hybridized carbons (Fsp3) is 0.296. The molecule has 1 atom stereocenters. The number of hydrogen-bond acceptors (Lipinski definition) is 6. The maximum absolute atomic E-state index is 13.5. The minimum Gasteiger partial charge on any atom is -0.454 e. The van der Waals surface area contributed by atoms with Gasteiger partial charge in [0.25, 0.3) is 5.56 Å². The van der Waals surface area contributed by atoms with E-state index in [0.29, 0.717) is 41.3 Å². The van der Waals surface area contributed by atoms with Gasteiger partial charge in [0.15, 0.2) is 17.3 Å². The summed E-state index contributed by atoms with van der Waals surface area (Å²) >= 11 is 0. The number of rotatable bonds is 3. The molecule has 0 fully saturated rings. The highest BCUT2D eigenvalue weighted by Gasteiger charge is 2.43. The zero-order valence-electron chi connectivity index (χ0n) is 19.5. The lowest BCUT2D eigenvalue weighted by Gasteiger charge is -2.39. The van der Waals surface area contributed by atoms with Gasteiger partial charge in [-0.25, -0.2) is 4.79 Å². The van der Waals surface area contributed by atoms with E-state index in [0.717, 1.165) is 16.8 Å². The molecule has 3 aliphatic rings. The Morgan fingerprint density at radius 1 is 1.00 bits per heavy atom. The summed E-state index contributed by atoms with van der Waals surface area (Å²) in [5.41, 5.74) is 2.10. The van der Waals surface area contributed by atoms with Crippen molar-refractivity contribution in [1.82, 2.24) is 9.55 Å². The molecule has 35 heavy (non-hydrogen) atoms. The van der Waals surface area contributed by atoms with Crippen molar-refractivity contribution in [3.8, 4) is 11.5 Å². The van der Waals surface area contributed by atoms with Crippen LogP contribution in [0.25, 0.3) is 0 Å². The van der Waals surface area contributed by atoms with Crippen LogP contribution in [0.1, 0.15) is 49.3 Å². The van der Waals surface area contributed by atoms with Gasteiger partial charge in [0.1, 0.15) is 5.82 Å². The van der Waals surface area contributed by atoms with Gasteiger partial charge in [0, 0.05) is 23.6 Å². The number of anilines is 1. The van der Waals surface area contributed by atoms with Crippen LogP contribution >= 0.6 is 0 Å². The molecule has 6 rings (SSSR count). The van der Waals surface area contributed by atoms with Crippen molar-refractivity contribution >= 4 is 11.6 Å². The van der Waals surface area contributed by atoms with E-state index in [2.05, 4.69) is 24.1 Å². The lowest BCUT2D eigenvalue weighted by molar-refractivity contribution is -0.118. The summed E-state index contributed by atoms with van der Waals surface area (Å²) in [7, 11) is 0. The molecule has 3 heterocycles. The van der Waals surface area contributed by atoms with Crippen molar-refractivity contribution in [3.63, 3.8) is 0 Å². The van der Waals surface area contributed by atoms with Crippen LogP contribution in [0.4, 0.5) is 5.82 Å². The molecule has 0 bridgehead atoms. The molecule has 1 aromatic heterocycles. The first-order valence-corrected chi connectivity index (χ1v) is 11.6. The lowest BCUT2D eigenvalue weighted by atomic mass is 9.69. The Balaban J connectivity index is 1.60. The number of Topliss-reactive ketones (excluding diaryl/α,β-unsaturated/α-hetero) is 1. The number of hydrogen-bond donors (Lipinski definition) is 2. The number of carbonyl (C=O) groups is 1. The highest BCUT2D eigenvalue weighted by molar-refractivity contribution is 6.01. The van der Waals surface area contributed by atoms with Crippen LogP contribution in [0, 0.1) is 5.41 Å². The van der Waals surface area contributed by atoms with E-state index < -0.39 is 17.2 Å². The average Bonchev–Trinajstić information content (AvgIpc) is 3.28. The molecule has 8 nitrogen and oxygen atoms in total. The number of nitrogens with one attached hydrogen (secondary N) is 2. The SMILES string of the molecule is CC1(C)CC(=O)C2=C(C1)Nc1c(c(=O)[nH]c(=O)n1Cc1ccccc1)[C@@H]2c1ccc2c(c1)OCO2. The number of benzene rings is 2. The Morgan fingerprint density at radius 2 is 1.77 bits per heavy atom. The average molecular weight is 472 g/mol. The molecule has 0 amide bonds. The molecule has 0 radical (unpaired) electrons. The maximum Gasteiger partial charge on any atom is 0.330 e. The maximum atomic E-state index is 13.5. The van der Waals surface area contributed by atoms with E-state index >= 15 is 0 Å². The van der Waals surface area contributed by atoms with Gasteiger partial charge in [-0.1, -0.05) is 50.2 Å². The predicted molar refractivity (Wildman–Crippen MR) is 130 cm³/mol. The number of ketones is 1. The zero-order chi connectivity index (χ0) is 24.3. The van der Waals surface area contributed by atoms with Gasteiger partial charge in [0.2, 0.25) is 6.79 Å². The van der Waals surface area contributed by atoms with Gasteiger partial charge in [-0.15, -0.1) is 0 Å². The normalized spacial score (nSPS) is 19.7. The second-order valence-electron chi connectivity index (χ2n) is 10.1. The second kappa shape index (κ2) is 7.73. The van der Waals surface area contributed by atoms with Crippen LogP contribution in [0.15, 0.2) is 69.4 Å². The van der Waals surface area contributed by atoms with Gasteiger partial charge in [-0.3, -0.25) is 19.1 Å². The minimum absolute atomic E-state index is 0.00252. The van der Waals surface area contributed by atoms with Crippen LogP contribution in [0.2, 0.25) is 0 Å². The van der Waals surface area contributed by atoms with E-state index in [1.54, 1.807) is 10.6 Å². The first-order valence-electron chi connectivity index (χ1n) is 11.6. The molecule has 3 aromatic rings. The van der Waals surface area contributed by atoms with Gasteiger partial charge >= 0.3 is 5.69 Å². The molecule has 0 saturated carbocycles. The van der Waals surface area contributed by atoms with E-state index in [1.165, 1.54) is 0 Å². The number of nitrogens with zero attached hydrogens (tertiary/aromatic N) is 1. The van der Waals surface area contributed by atoms with Crippen molar-refractivity contribution in [2.24, 2.45) is 5.41 Å². The Hall–Kier alpha value is -4.07. The van der Waals surface area contributed by atoms with Gasteiger partial charge in [-0.2, -0.15) is 0 Å². The first-order chi connectivity index (χ1) is 16.8. The summed E-state index contributed by atoms with van der Waals surface area (Å²) in [6.07, 6.45) is 1.01. The van der Waals surface area contributed by atoms with Gasteiger partial charge in [0.05, 0.1) is 12.1 Å². The highest BCUT2D eigenvalue weighted by atomic mass is 16.7. The standard InChI is InChI=1S/C27H25N3O5/c1-27(2)11-17-22(18(31)12-27)21(16-8-9-19-20(10-16)35-14-34-19)23-24(28-17)30(26(33)29-25(23)32)13-15-6-4-3-5-7-15/h3-10,21,28H,11-14H2,1-2H3,(H,29,32,33)/t21-/m1/s1. The number of ether oxygens (including phenoxy) is 2. The molecular weight excluding hydrogens is 446 g/mol. The number of aromatic nitrogens is 2. The number of fused-ring (bicyclic) bond motifs is 2. The Bertz CT molecular complexity index is 1510. The third-order valence-corrected chi connectivity index (χ3v) is 6.92. The summed E-state index contributed by atoms with van der Waals surface area (Å²) in [5.74, 6) is 0.982. The second-order valence-corrected chi connectivity index (χ2v) is 10.1. The lowest BCUT2D eigenvalue weighted by Crippen LogP contribution is -2.42. The summed E-state index contributed by atoms with van der Waals surface area (Å²) in [5, 5.41) is 3.35. The summed E-state index contributed by atoms with van der Waals surface area (Å²) in [6, 6.07) is 15.1. The summed E-state index contributed by atoms with van der Waals surface area (Å²) in [4.78, 5) is 42.3. The molecule has 8 heteroatoms. The van der Waals surface area contributed by atoms with Crippen molar-refractivity contribution in [2.45, 2.75) is 39.2 Å². The summed E-state index contributed by atoms with van der Waals surface area (Å²) in [6.45, 7) is 4.51. The largest absolute Gasteiger partial charge is 0.454 e.